The Labute approximate surface area is 114 Å². The molecule has 1 atom stereocenters. The summed E-state index contributed by atoms with van der Waals surface area (Å²) in [6.07, 6.45) is -0.780. The molecule has 0 saturated heterocycles. The monoisotopic (exact) mass is 263 g/mol. The molecule has 4 nitrogen and oxygen atoms in total. The molecule has 0 bridgehead atoms. The molecular formula is C15H21NO3. The maximum atomic E-state index is 11.8. The van der Waals surface area contributed by atoms with Gasteiger partial charge in [-0.2, -0.15) is 0 Å². The van der Waals surface area contributed by atoms with Gasteiger partial charge in [0.1, 0.15) is 0 Å². The summed E-state index contributed by atoms with van der Waals surface area (Å²) < 4.78 is 5.10. The van der Waals surface area contributed by atoms with E-state index in [9.17, 15) is 9.59 Å². The van der Waals surface area contributed by atoms with Crippen molar-refractivity contribution in [3.63, 3.8) is 0 Å². The Bertz CT molecular complexity index is 437. The second-order valence-corrected chi connectivity index (χ2v) is 4.72. The normalized spacial score (nSPS) is 12.1. The zero-order valence-corrected chi connectivity index (χ0v) is 11.9. The number of hydrogen-bond donors (Lipinski definition) is 1. The molecule has 1 rings (SSSR count). The van der Waals surface area contributed by atoms with Gasteiger partial charge < -0.3 is 10.1 Å². The van der Waals surface area contributed by atoms with Gasteiger partial charge in [0, 0.05) is 6.54 Å². The number of nitrogens with one attached hydrogen (secondary N) is 1. The van der Waals surface area contributed by atoms with E-state index in [-0.39, 0.29) is 5.91 Å². The van der Waals surface area contributed by atoms with Crippen molar-refractivity contribution < 1.29 is 14.3 Å². The highest BCUT2D eigenvalue weighted by Crippen LogP contribution is 2.15. The van der Waals surface area contributed by atoms with Gasteiger partial charge in [-0.3, -0.25) is 4.79 Å². The third-order valence-corrected chi connectivity index (χ3v) is 2.82. The minimum absolute atomic E-state index is 0.283. The largest absolute Gasteiger partial charge is 0.449 e. The second-order valence-electron chi connectivity index (χ2n) is 4.72. The molecule has 0 saturated carbocycles. The number of amides is 1. The molecule has 0 spiro atoms. The molecule has 19 heavy (non-hydrogen) atoms. The zero-order valence-electron chi connectivity index (χ0n) is 11.9. The highest BCUT2D eigenvalue weighted by Gasteiger charge is 2.18. The zero-order chi connectivity index (χ0) is 14.4. The van der Waals surface area contributed by atoms with Gasteiger partial charge in [0.15, 0.2) is 6.10 Å². The predicted octanol–water partition coefficient (Wildman–Crippen LogP) is 2.49. The molecule has 1 N–H and O–H groups in total. The number of carbonyl (C=O) groups excluding carboxylic acids is 2. The summed E-state index contributed by atoms with van der Waals surface area (Å²) in [7, 11) is 0. The van der Waals surface area contributed by atoms with Crippen LogP contribution < -0.4 is 5.32 Å². The van der Waals surface area contributed by atoms with Crippen LogP contribution >= 0.6 is 0 Å². The molecule has 0 fully saturated rings. The molecule has 0 aromatic heterocycles. The molecule has 1 amide bonds. The van der Waals surface area contributed by atoms with Gasteiger partial charge in [-0.05, 0) is 37.5 Å². The van der Waals surface area contributed by atoms with Gasteiger partial charge in [-0.25, -0.2) is 4.79 Å². The van der Waals surface area contributed by atoms with Crippen LogP contribution in [0.2, 0.25) is 0 Å². The molecule has 0 radical (unpaired) electrons. The Morgan fingerprint density at radius 2 is 1.74 bits per heavy atom. The number of hydrogen-bond acceptors (Lipinski definition) is 3. The van der Waals surface area contributed by atoms with Crippen molar-refractivity contribution in [3.8, 4) is 0 Å². The molecule has 1 aromatic rings. The van der Waals surface area contributed by atoms with Crippen molar-refractivity contribution >= 4 is 11.9 Å². The van der Waals surface area contributed by atoms with Crippen LogP contribution in [-0.4, -0.2) is 24.5 Å². The summed E-state index contributed by atoms with van der Waals surface area (Å²) in [5.74, 6) is -0.344. The number of rotatable bonds is 5. The van der Waals surface area contributed by atoms with E-state index in [0.717, 1.165) is 5.56 Å². The summed E-state index contributed by atoms with van der Waals surface area (Å²) in [5, 5.41) is 2.61. The van der Waals surface area contributed by atoms with Gasteiger partial charge in [0.25, 0.3) is 5.91 Å². The van der Waals surface area contributed by atoms with E-state index < -0.39 is 12.1 Å². The fraction of sp³-hybridized carbons (Fsp3) is 0.467. The third-order valence-electron chi connectivity index (χ3n) is 2.82. The molecule has 0 aliphatic rings. The number of likely N-dealkylation sites (N-methyl/N-ethyl adjacent to an activating group) is 1. The Morgan fingerprint density at radius 3 is 2.21 bits per heavy atom. The minimum atomic E-state index is -0.780. The first-order valence-corrected chi connectivity index (χ1v) is 6.54. The maximum absolute atomic E-state index is 11.8. The van der Waals surface area contributed by atoms with Crippen LogP contribution in [0, 0.1) is 0 Å². The fourth-order valence-electron chi connectivity index (χ4n) is 1.60. The topological polar surface area (TPSA) is 55.4 Å². The van der Waals surface area contributed by atoms with E-state index in [1.54, 1.807) is 19.1 Å². The first-order valence-electron chi connectivity index (χ1n) is 6.54. The molecule has 0 aliphatic carbocycles. The molecule has 104 valence electrons. The Kier molecular flexibility index (Phi) is 5.55. The van der Waals surface area contributed by atoms with Crippen molar-refractivity contribution in [2.45, 2.75) is 39.7 Å². The van der Waals surface area contributed by atoms with Gasteiger partial charge in [-0.15, -0.1) is 0 Å². The first kappa shape index (κ1) is 15.2. The quantitative estimate of drug-likeness (QED) is 0.830. The van der Waals surface area contributed by atoms with Crippen molar-refractivity contribution in [2.24, 2.45) is 0 Å². The van der Waals surface area contributed by atoms with Crippen LogP contribution in [0.4, 0.5) is 0 Å². The number of carbonyl (C=O) groups is 2. The van der Waals surface area contributed by atoms with Gasteiger partial charge in [0.2, 0.25) is 0 Å². The fourth-order valence-corrected chi connectivity index (χ4v) is 1.60. The number of benzene rings is 1. The van der Waals surface area contributed by atoms with Crippen LogP contribution in [0.25, 0.3) is 0 Å². The third kappa shape index (κ3) is 4.39. The SMILES string of the molecule is CCNC(=O)[C@@H](C)OC(=O)c1ccc(C(C)C)cc1. The molecule has 1 aromatic carbocycles. The molecule has 0 heterocycles. The summed E-state index contributed by atoms with van der Waals surface area (Å²) in [6, 6.07) is 7.25. The van der Waals surface area contributed by atoms with Crippen molar-refractivity contribution in [2.75, 3.05) is 6.54 Å². The average Bonchev–Trinajstić information content (AvgIpc) is 2.38. The van der Waals surface area contributed by atoms with Gasteiger partial charge in [0.05, 0.1) is 5.56 Å². The standard InChI is InChI=1S/C15H21NO3/c1-5-16-14(17)11(4)19-15(18)13-8-6-12(7-9-13)10(2)3/h6-11H,5H2,1-4H3,(H,16,17)/t11-/m1/s1. The molecule has 4 heteroatoms. The van der Waals surface area contributed by atoms with E-state index in [1.807, 2.05) is 19.1 Å². The summed E-state index contributed by atoms with van der Waals surface area (Å²) >= 11 is 0. The molecule has 0 aliphatic heterocycles. The molecule has 0 unspecified atom stereocenters. The first-order chi connectivity index (χ1) is 8.95. The minimum Gasteiger partial charge on any atom is -0.449 e. The highest BCUT2D eigenvalue weighted by atomic mass is 16.5. The predicted molar refractivity (Wildman–Crippen MR) is 74.1 cm³/mol. The van der Waals surface area contributed by atoms with Crippen LogP contribution in [-0.2, 0) is 9.53 Å². The Balaban J connectivity index is 2.65. The lowest BCUT2D eigenvalue weighted by molar-refractivity contribution is -0.128. The van der Waals surface area contributed by atoms with Crippen LogP contribution in [0.1, 0.15) is 49.5 Å². The van der Waals surface area contributed by atoms with E-state index >= 15 is 0 Å². The Morgan fingerprint density at radius 1 is 1.16 bits per heavy atom. The van der Waals surface area contributed by atoms with Gasteiger partial charge >= 0.3 is 5.97 Å². The highest BCUT2D eigenvalue weighted by molar-refractivity contribution is 5.92. The lowest BCUT2D eigenvalue weighted by Crippen LogP contribution is -2.35. The lowest BCUT2D eigenvalue weighted by atomic mass is 10.0. The maximum Gasteiger partial charge on any atom is 0.338 e. The van der Waals surface area contributed by atoms with Gasteiger partial charge in [-0.1, -0.05) is 26.0 Å². The van der Waals surface area contributed by atoms with Crippen LogP contribution in [0.15, 0.2) is 24.3 Å². The van der Waals surface area contributed by atoms with Crippen molar-refractivity contribution in [1.29, 1.82) is 0 Å². The second kappa shape index (κ2) is 6.92. The average molecular weight is 263 g/mol. The van der Waals surface area contributed by atoms with Crippen LogP contribution in [0.5, 0.6) is 0 Å². The van der Waals surface area contributed by atoms with Crippen LogP contribution in [0.3, 0.4) is 0 Å². The molecular weight excluding hydrogens is 242 g/mol. The van der Waals surface area contributed by atoms with E-state index in [1.165, 1.54) is 0 Å². The van der Waals surface area contributed by atoms with E-state index in [4.69, 9.17) is 4.74 Å². The van der Waals surface area contributed by atoms with Crippen molar-refractivity contribution in [3.05, 3.63) is 35.4 Å². The number of esters is 1. The summed E-state index contributed by atoms with van der Waals surface area (Å²) in [6.45, 7) is 8.07. The summed E-state index contributed by atoms with van der Waals surface area (Å²) in [5.41, 5.74) is 1.62. The summed E-state index contributed by atoms with van der Waals surface area (Å²) in [4.78, 5) is 23.3. The van der Waals surface area contributed by atoms with E-state index in [2.05, 4.69) is 19.2 Å². The number of ether oxygens (including phenoxy) is 1. The van der Waals surface area contributed by atoms with Crippen molar-refractivity contribution in [1.82, 2.24) is 5.32 Å². The smallest absolute Gasteiger partial charge is 0.338 e. The lowest BCUT2D eigenvalue weighted by Gasteiger charge is -2.13. The van der Waals surface area contributed by atoms with E-state index in [0.29, 0.717) is 18.0 Å². The Hall–Kier alpha value is -1.84.